The van der Waals surface area contributed by atoms with Gasteiger partial charge in [-0.05, 0) is 19.6 Å². The van der Waals surface area contributed by atoms with Crippen LogP contribution in [0.15, 0.2) is 0 Å². The molecule has 0 heterocycles. The van der Waals surface area contributed by atoms with Gasteiger partial charge >= 0.3 is 0 Å². The van der Waals surface area contributed by atoms with Crippen molar-refractivity contribution in [3.63, 3.8) is 0 Å². The molecule has 0 N–H and O–H groups in total. The summed E-state index contributed by atoms with van der Waals surface area (Å²) in [6, 6.07) is 0. The van der Waals surface area contributed by atoms with Crippen LogP contribution in [0.25, 0.3) is 0 Å². The summed E-state index contributed by atoms with van der Waals surface area (Å²) >= 11 is 0. The minimum absolute atomic E-state index is 1.29. The van der Waals surface area contributed by atoms with E-state index in [0.717, 1.165) is 0 Å². The van der Waals surface area contributed by atoms with Gasteiger partial charge in [0.2, 0.25) is 8.32 Å². The summed E-state index contributed by atoms with van der Waals surface area (Å²) in [5.41, 5.74) is 0. The molecule has 0 radical (unpaired) electrons. The lowest BCUT2D eigenvalue weighted by atomic mass is 11.2. The summed E-state index contributed by atoms with van der Waals surface area (Å²) in [5.74, 6) is 0. The van der Waals surface area contributed by atoms with Crippen molar-refractivity contribution in [2.24, 2.45) is 0 Å². The van der Waals surface area contributed by atoms with Gasteiger partial charge in [0.05, 0.1) is 0 Å². The lowest BCUT2D eigenvalue weighted by Gasteiger charge is -2.21. The van der Waals surface area contributed by atoms with Gasteiger partial charge in [-0.25, -0.2) is 5.06 Å². The summed E-state index contributed by atoms with van der Waals surface area (Å²) in [6.07, 6.45) is 0. The second kappa shape index (κ2) is 2.62. The average Bonchev–Trinajstić information content (AvgIpc) is 1.21. The molecule has 3 heteroatoms. The molecular weight excluding hydrogens is 118 g/mol. The Hall–Kier alpha value is 0.137. The summed E-state index contributed by atoms with van der Waals surface area (Å²) in [7, 11) is 2.54. The summed E-state index contributed by atoms with van der Waals surface area (Å²) in [6.45, 7) is 6.48. The molecule has 0 saturated heterocycles. The highest BCUT2D eigenvalue weighted by atomic mass is 28.4. The minimum atomic E-state index is -1.29. The maximum atomic E-state index is 5.41. The maximum Gasteiger partial charge on any atom is 0.212 e. The maximum absolute atomic E-state index is 5.41. The van der Waals surface area contributed by atoms with Gasteiger partial charge in [0.1, 0.15) is 0 Å². The standard InChI is InChI=1S/C5H15NOSi/c1-6(2)7-8(3,4)5/h1-5H3. The van der Waals surface area contributed by atoms with Crippen molar-refractivity contribution in [2.45, 2.75) is 19.6 Å². The zero-order valence-electron chi connectivity index (χ0n) is 6.36. The lowest BCUT2D eigenvalue weighted by Crippen LogP contribution is -2.32. The van der Waals surface area contributed by atoms with Crippen LogP contribution < -0.4 is 0 Å². The van der Waals surface area contributed by atoms with Crippen molar-refractivity contribution < 1.29 is 4.53 Å². The molecular formula is C5H15NOSi. The van der Waals surface area contributed by atoms with Gasteiger partial charge < -0.3 is 4.53 Å². The monoisotopic (exact) mass is 133 g/mol. The Balaban J connectivity index is 3.39. The van der Waals surface area contributed by atoms with Crippen LogP contribution in [-0.2, 0) is 4.53 Å². The SMILES string of the molecule is CN(C)O[Si](C)(C)C. The minimum Gasteiger partial charge on any atom is -0.344 e. The molecule has 0 aromatic rings. The quantitative estimate of drug-likeness (QED) is 0.416. The highest BCUT2D eigenvalue weighted by Crippen LogP contribution is 2.02. The highest BCUT2D eigenvalue weighted by molar-refractivity contribution is 6.69. The van der Waals surface area contributed by atoms with Crippen molar-refractivity contribution in [1.29, 1.82) is 0 Å². The van der Waals surface area contributed by atoms with E-state index in [2.05, 4.69) is 19.6 Å². The normalized spacial score (nSPS) is 12.8. The molecule has 0 aliphatic rings. The fourth-order valence-electron chi connectivity index (χ4n) is 0.548. The van der Waals surface area contributed by atoms with Crippen LogP contribution in [0.4, 0.5) is 0 Å². The van der Waals surface area contributed by atoms with Gasteiger partial charge in [-0.15, -0.1) is 0 Å². The van der Waals surface area contributed by atoms with Crippen molar-refractivity contribution in [3.8, 4) is 0 Å². The Morgan fingerprint density at radius 2 is 1.50 bits per heavy atom. The van der Waals surface area contributed by atoms with Gasteiger partial charge in [-0.2, -0.15) is 0 Å². The van der Waals surface area contributed by atoms with Crippen LogP contribution in [0.1, 0.15) is 0 Å². The predicted molar refractivity (Wildman–Crippen MR) is 38.1 cm³/mol. The molecule has 0 spiro atoms. The van der Waals surface area contributed by atoms with E-state index in [1.54, 1.807) is 5.06 Å². The van der Waals surface area contributed by atoms with E-state index in [0.29, 0.717) is 0 Å². The summed E-state index contributed by atoms with van der Waals surface area (Å²) in [4.78, 5) is 0. The molecule has 0 atom stereocenters. The zero-order valence-corrected chi connectivity index (χ0v) is 7.36. The smallest absolute Gasteiger partial charge is 0.212 e. The second-order valence-electron chi connectivity index (χ2n) is 3.02. The molecule has 0 bridgehead atoms. The van der Waals surface area contributed by atoms with Crippen LogP contribution in [0.3, 0.4) is 0 Å². The van der Waals surface area contributed by atoms with Crippen LogP contribution >= 0.6 is 0 Å². The largest absolute Gasteiger partial charge is 0.344 e. The van der Waals surface area contributed by atoms with Crippen LogP contribution in [-0.4, -0.2) is 27.5 Å². The number of hydrogen-bond donors (Lipinski definition) is 0. The van der Waals surface area contributed by atoms with Gasteiger partial charge in [0, 0.05) is 14.1 Å². The van der Waals surface area contributed by atoms with Crippen LogP contribution in [0.2, 0.25) is 19.6 Å². The molecule has 0 fully saturated rings. The van der Waals surface area contributed by atoms with E-state index in [1.807, 2.05) is 14.1 Å². The Morgan fingerprint density at radius 1 is 1.12 bits per heavy atom. The molecule has 0 aromatic carbocycles. The number of hydrogen-bond acceptors (Lipinski definition) is 2. The predicted octanol–water partition coefficient (Wildman–Crippen LogP) is 1.31. The first-order chi connectivity index (χ1) is 3.42. The van der Waals surface area contributed by atoms with E-state index in [-0.39, 0.29) is 0 Å². The molecule has 0 aromatic heterocycles. The fraction of sp³-hybridized carbons (Fsp3) is 1.00. The van der Waals surface area contributed by atoms with Crippen LogP contribution in [0, 0.1) is 0 Å². The molecule has 0 amide bonds. The molecule has 2 nitrogen and oxygen atoms in total. The zero-order chi connectivity index (χ0) is 6.78. The first-order valence-corrected chi connectivity index (χ1v) is 6.19. The first kappa shape index (κ1) is 8.14. The van der Waals surface area contributed by atoms with Gasteiger partial charge in [-0.3, -0.25) is 0 Å². The van der Waals surface area contributed by atoms with Gasteiger partial charge in [0.15, 0.2) is 0 Å². The Labute approximate surface area is 52.5 Å². The van der Waals surface area contributed by atoms with Crippen LogP contribution in [0.5, 0.6) is 0 Å². The van der Waals surface area contributed by atoms with Crippen molar-refractivity contribution in [1.82, 2.24) is 5.06 Å². The average molecular weight is 133 g/mol. The van der Waals surface area contributed by atoms with E-state index < -0.39 is 8.32 Å². The second-order valence-corrected chi connectivity index (χ2v) is 7.42. The van der Waals surface area contributed by atoms with E-state index >= 15 is 0 Å². The number of rotatable bonds is 2. The third kappa shape index (κ3) is 6.14. The summed E-state index contributed by atoms with van der Waals surface area (Å²) in [5, 5.41) is 1.77. The fourth-order valence-corrected chi connectivity index (χ4v) is 1.64. The van der Waals surface area contributed by atoms with Gasteiger partial charge in [0.25, 0.3) is 0 Å². The Bertz CT molecular complexity index is 67.3. The molecule has 0 aliphatic heterocycles. The number of hydroxylamine groups is 2. The molecule has 8 heavy (non-hydrogen) atoms. The molecule has 0 unspecified atom stereocenters. The first-order valence-electron chi connectivity index (χ1n) is 2.78. The van der Waals surface area contributed by atoms with E-state index in [1.165, 1.54) is 0 Å². The lowest BCUT2D eigenvalue weighted by molar-refractivity contribution is -0.0132. The third-order valence-electron chi connectivity index (χ3n) is 0.456. The van der Waals surface area contributed by atoms with Crippen molar-refractivity contribution in [2.75, 3.05) is 14.1 Å². The molecule has 0 rings (SSSR count). The highest BCUT2D eigenvalue weighted by Gasteiger charge is 2.15. The van der Waals surface area contributed by atoms with Gasteiger partial charge in [-0.1, -0.05) is 0 Å². The third-order valence-corrected chi connectivity index (χ3v) is 1.37. The Morgan fingerprint density at radius 3 is 1.50 bits per heavy atom. The molecule has 0 saturated carbocycles. The molecule has 0 aliphatic carbocycles. The Kier molecular flexibility index (Phi) is 2.66. The van der Waals surface area contributed by atoms with E-state index in [9.17, 15) is 0 Å². The van der Waals surface area contributed by atoms with E-state index in [4.69, 9.17) is 4.53 Å². The van der Waals surface area contributed by atoms with Crippen molar-refractivity contribution >= 4 is 8.32 Å². The summed E-state index contributed by atoms with van der Waals surface area (Å²) < 4.78 is 5.41. The molecule has 50 valence electrons. The van der Waals surface area contributed by atoms with Crippen molar-refractivity contribution in [3.05, 3.63) is 0 Å². The number of nitrogens with zero attached hydrogens (tertiary/aromatic N) is 1. The topological polar surface area (TPSA) is 12.5 Å².